The van der Waals surface area contributed by atoms with Crippen molar-refractivity contribution in [3.63, 3.8) is 0 Å². The molecule has 0 aliphatic carbocycles. The summed E-state index contributed by atoms with van der Waals surface area (Å²) in [5, 5.41) is 7.55. The van der Waals surface area contributed by atoms with Crippen molar-refractivity contribution < 1.29 is 0 Å². The molecule has 0 saturated carbocycles. The van der Waals surface area contributed by atoms with E-state index in [0.717, 1.165) is 34.6 Å². The number of benzene rings is 1. The van der Waals surface area contributed by atoms with Gasteiger partial charge in [0.25, 0.3) is 0 Å². The van der Waals surface area contributed by atoms with E-state index in [1.54, 1.807) is 6.20 Å². The lowest BCUT2D eigenvalue weighted by Crippen LogP contribution is -2.20. The first-order chi connectivity index (χ1) is 11.8. The van der Waals surface area contributed by atoms with Crippen LogP contribution in [0.3, 0.4) is 0 Å². The number of nitrogens with two attached hydrogens (primary N) is 1. The zero-order chi connectivity index (χ0) is 18.0. The van der Waals surface area contributed by atoms with Gasteiger partial charge >= 0.3 is 0 Å². The molecule has 2 aromatic heterocycles. The summed E-state index contributed by atoms with van der Waals surface area (Å²) >= 11 is 0. The SMILES string of the molecule is Cc1cc2cnc(Nc3ccccc3N)nc2c(NCC(C)(C)C)n1. The third kappa shape index (κ3) is 4.15. The Balaban J connectivity index is 1.97. The van der Waals surface area contributed by atoms with Gasteiger partial charge in [-0.15, -0.1) is 0 Å². The van der Waals surface area contributed by atoms with E-state index in [1.807, 2.05) is 37.3 Å². The highest BCUT2D eigenvalue weighted by atomic mass is 15.1. The lowest BCUT2D eigenvalue weighted by Gasteiger charge is -2.20. The van der Waals surface area contributed by atoms with Crippen LogP contribution < -0.4 is 16.4 Å². The molecular weight excluding hydrogens is 312 g/mol. The summed E-state index contributed by atoms with van der Waals surface area (Å²) in [4.78, 5) is 13.7. The van der Waals surface area contributed by atoms with Gasteiger partial charge in [-0.05, 0) is 30.5 Å². The predicted octanol–water partition coefficient (Wildman–Crippen LogP) is 4.12. The van der Waals surface area contributed by atoms with E-state index < -0.39 is 0 Å². The van der Waals surface area contributed by atoms with Crippen LogP contribution in [0, 0.1) is 12.3 Å². The lowest BCUT2D eigenvalue weighted by molar-refractivity contribution is 0.442. The summed E-state index contributed by atoms with van der Waals surface area (Å²) in [6.07, 6.45) is 1.81. The van der Waals surface area contributed by atoms with E-state index in [4.69, 9.17) is 5.73 Å². The van der Waals surface area contributed by atoms with Gasteiger partial charge in [0.1, 0.15) is 5.52 Å². The number of aryl methyl sites for hydroxylation is 1. The Kier molecular flexibility index (Phi) is 4.44. The van der Waals surface area contributed by atoms with Crippen LogP contribution in [0.2, 0.25) is 0 Å². The highest BCUT2D eigenvalue weighted by Crippen LogP contribution is 2.25. The topological polar surface area (TPSA) is 88.8 Å². The zero-order valence-corrected chi connectivity index (χ0v) is 15.1. The minimum absolute atomic E-state index is 0.143. The van der Waals surface area contributed by atoms with Crippen LogP contribution in [0.25, 0.3) is 10.9 Å². The number of aromatic nitrogens is 3. The van der Waals surface area contributed by atoms with Crippen LogP contribution in [0.15, 0.2) is 36.5 Å². The van der Waals surface area contributed by atoms with E-state index >= 15 is 0 Å². The normalized spacial score (nSPS) is 11.5. The molecule has 3 aromatic rings. The van der Waals surface area contributed by atoms with Crippen LogP contribution in [-0.4, -0.2) is 21.5 Å². The van der Waals surface area contributed by atoms with Crippen LogP contribution in [0.4, 0.5) is 23.1 Å². The molecule has 0 amide bonds. The molecular formula is C19H24N6. The molecule has 1 aromatic carbocycles. The molecule has 0 atom stereocenters. The first kappa shape index (κ1) is 17.0. The third-order valence-electron chi connectivity index (χ3n) is 3.69. The van der Waals surface area contributed by atoms with Gasteiger partial charge in [-0.2, -0.15) is 0 Å². The van der Waals surface area contributed by atoms with Crippen LogP contribution >= 0.6 is 0 Å². The molecule has 130 valence electrons. The van der Waals surface area contributed by atoms with E-state index in [2.05, 4.69) is 46.4 Å². The average Bonchev–Trinajstić information content (AvgIpc) is 2.54. The molecule has 0 unspecified atom stereocenters. The second-order valence-corrected chi connectivity index (χ2v) is 7.37. The molecule has 3 rings (SSSR count). The fraction of sp³-hybridized carbons (Fsp3) is 0.316. The summed E-state index contributed by atoms with van der Waals surface area (Å²) in [7, 11) is 0. The van der Waals surface area contributed by atoms with Crippen molar-refractivity contribution in [2.75, 3.05) is 22.9 Å². The van der Waals surface area contributed by atoms with Crippen LogP contribution in [0.1, 0.15) is 26.5 Å². The van der Waals surface area contributed by atoms with Gasteiger partial charge in [-0.3, -0.25) is 0 Å². The number of anilines is 4. The predicted molar refractivity (Wildman–Crippen MR) is 104 cm³/mol. The van der Waals surface area contributed by atoms with Crippen molar-refractivity contribution in [1.29, 1.82) is 0 Å². The van der Waals surface area contributed by atoms with Crippen molar-refractivity contribution >= 4 is 34.0 Å². The van der Waals surface area contributed by atoms with Gasteiger partial charge in [0.2, 0.25) is 5.95 Å². The number of hydrogen-bond acceptors (Lipinski definition) is 6. The Morgan fingerprint density at radius 1 is 1.12 bits per heavy atom. The molecule has 0 spiro atoms. The highest BCUT2D eigenvalue weighted by molar-refractivity contribution is 5.89. The van der Waals surface area contributed by atoms with Crippen molar-refractivity contribution in [1.82, 2.24) is 15.0 Å². The fourth-order valence-corrected chi connectivity index (χ4v) is 2.44. The number of rotatable bonds is 4. The average molecular weight is 336 g/mol. The number of nitrogen functional groups attached to an aromatic ring is 1. The minimum Gasteiger partial charge on any atom is -0.397 e. The van der Waals surface area contributed by atoms with Crippen LogP contribution in [0.5, 0.6) is 0 Å². The Bertz CT molecular complexity index is 898. The number of hydrogen-bond donors (Lipinski definition) is 3. The maximum absolute atomic E-state index is 5.98. The second kappa shape index (κ2) is 6.55. The van der Waals surface area contributed by atoms with E-state index in [9.17, 15) is 0 Å². The number of fused-ring (bicyclic) bond motifs is 1. The van der Waals surface area contributed by atoms with E-state index in [-0.39, 0.29) is 5.41 Å². The van der Waals surface area contributed by atoms with Crippen molar-refractivity contribution in [2.45, 2.75) is 27.7 Å². The highest BCUT2D eigenvalue weighted by Gasteiger charge is 2.13. The van der Waals surface area contributed by atoms with Gasteiger partial charge < -0.3 is 16.4 Å². The smallest absolute Gasteiger partial charge is 0.227 e. The molecule has 25 heavy (non-hydrogen) atoms. The molecule has 0 aliphatic heterocycles. The Morgan fingerprint density at radius 2 is 1.88 bits per heavy atom. The molecule has 2 heterocycles. The quantitative estimate of drug-likeness (QED) is 0.621. The molecule has 6 nitrogen and oxygen atoms in total. The van der Waals surface area contributed by atoms with Gasteiger partial charge in [0.15, 0.2) is 5.82 Å². The minimum atomic E-state index is 0.143. The van der Waals surface area contributed by atoms with Crippen LogP contribution in [-0.2, 0) is 0 Å². The standard InChI is InChI=1S/C19H24N6/c1-12-9-13-10-21-18(24-15-8-6-5-7-14(15)20)25-16(13)17(23-12)22-11-19(2,3)4/h5-10H,11,20H2,1-4H3,(H,22,23)(H,21,24,25). The number of nitrogens with one attached hydrogen (secondary N) is 2. The van der Waals surface area contributed by atoms with Gasteiger partial charge in [-0.1, -0.05) is 32.9 Å². The van der Waals surface area contributed by atoms with Gasteiger partial charge in [0, 0.05) is 23.8 Å². The second-order valence-electron chi connectivity index (χ2n) is 7.37. The molecule has 4 N–H and O–H groups in total. The molecule has 6 heteroatoms. The zero-order valence-electron chi connectivity index (χ0n) is 15.1. The summed E-state index contributed by atoms with van der Waals surface area (Å²) < 4.78 is 0. The molecule has 0 radical (unpaired) electrons. The van der Waals surface area contributed by atoms with Crippen molar-refractivity contribution in [3.8, 4) is 0 Å². The third-order valence-corrected chi connectivity index (χ3v) is 3.69. The number of pyridine rings is 1. The Hall–Kier alpha value is -2.89. The van der Waals surface area contributed by atoms with Crippen molar-refractivity contribution in [3.05, 3.63) is 42.2 Å². The number of para-hydroxylation sites is 2. The molecule has 0 bridgehead atoms. The Morgan fingerprint density at radius 3 is 2.60 bits per heavy atom. The molecule has 0 fully saturated rings. The Labute approximate surface area is 147 Å². The summed E-state index contributed by atoms with van der Waals surface area (Å²) in [6.45, 7) is 9.31. The fourth-order valence-electron chi connectivity index (χ4n) is 2.44. The first-order valence-corrected chi connectivity index (χ1v) is 8.32. The summed E-state index contributed by atoms with van der Waals surface area (Å²) in [6, 6.07) is 9.53. The van der Waals surface area contributed by atoms with Gasteiger partial charge in [-0.25, -0.2) is 15.0 Å². The first-order valence-electron chi connectivity index (χ1n) is 8.32. The molecule has 0 aliphatic rings. The maximum atomic E-state index is 5.98. The van der Waals surface area contributed by atoms with E-state index in [0.29, 0.717) is 11.6 Å². The van der Waals surface area contributed by atoms with Gasteiger partial charge in [0.05, 0.1) is 11.4 Å². The monoisotopic (exact) mass is 336 g/mol. The molecule has 0 saturated heterocycles. The number of nitrogens with zero attached hydrogens (tertiary/aromatic N) is 3. The summed E-state index contributed by atoms with van der Waals surface area (Å²) in [5.41, 5.74) is 9.29. The summed E-state index contributed by atoms with van der Waals surface area (Å²) in [5.74, 6) is 1.27. The lowest BCUT2D eigenvalue weighted by atomic mass is 9.97. The maximum Gasteiger partial charge on any atom is 0.227 e. The van der Waals surface area contributed by atoms with E-state index in [1.165, 1.54) is 0 Å². The van der Waals surface area contributed by atoms with Crippen molar-refractivity contribution in [2.24, 2.45) is 5.41 Å². The largest absolute Gasteiger partial charge is 0.397 e.